The van der Waals surface area contributed by atoms with E-state index in [2.05, 4.69) is 0 Å². The number of benzene rings is 1. The summed E-state index contributed by atoms with van der Waals surface area (Å²) in [4.78, 5) is 12.9. The van der Waals surface area contributed by atoms with E-state index in [1.807, 2.05) is 0 Å². The fraction of sp³-hybridized carbons (Fsp3) is 0.417. The summed E-state index contributed by atoms with van der Waals surface area (Å²) in [5, 5.41) is 5.08. The van der Waals surface area contributed by atoms with E-state index in [0.717, 1.165) is 0 Å². The summed E-state index contributed by atoms with van der Waals surface area (Å²) in [5.41, 5.74) is 1.24. The second kappa shape index (κ2) is 5.58. The Bertz CT molecular complexity index is 571. The largest absolute Gasteiger partial charge is 0.483 e. The van der Waals surface area contributed by atoms with Crippen LogP contribution in [-0.2, 0) is 14.8 Å². The molecule has 0 aliphatic carbocycles. The molecule has 1 amide bonds. The van der Waals surface area contributed by atoms with Crippen molar-refractivity contribution in [1.82, 2.24) is 4.90 Å². The molecule has 1 aromatic rings. The van der Waals surface area contributed by atoms with Crippen LogP contribution in [0.15, 0.2) is 17.0 Å². The van der Waals surface area contributed by atoms with Gasteiger partial charge in [0.15, 0.2) is 6.61 Å². The molecule has 0 radical (unpaired) electrons. The number of ether oxygens (including phenoxy) is 1. The molecule has 0 saturated carbocycles. The number of nitrogens with zero attached hydrogens (tertiary/aromatic N) is 1. The lowest BCUT2D eigenvalue weighted by molar-refractivity contribution is -0.130. The number of nitrogens with two attached hydrogens (primary N) is 1. The van der Waals surface area contributed by atoms with Crippen LogP contribution in [0.2, 0.25) is 0 Å². The lowest BCUT2D eigenvalue weighted by Crippen LogP contribution is -2.27. The molecule has 6 nitrogen and oxygen atoms in total. The van der Waals surface area contributed by atoms with Gasteiger partial charge in [-0.3, -0.25) is 4.79 Å². The van der Waals surface area contributed by atoms with E-state index < -0.39 is 10.0 Å². The van der Waals surface area contributed by atoms with Crippen LogP contribution in [0, 0.1) is 13.8 Å². The summed E-state index contributed by atoms with van der Waals surface area (Å²) >= 11 is 0. The van der Waals surface area contributed by atoms with Gasteiger partial charge in [-0.1, -0.05) is 0 Å². The molecule has 19 heavy (non-hydrogen) atoms. The predicted molar refractivity (Wildman–Crippen MR) is 71.5 cm³/mol. The topological polar surface area (TPSA) is 89.7 Å². The third-order valence-corrected chi connectivity index (χ3v) is 3.49. The SMILES string of the molecule is Cc1cc(S(N)(=O)=O)cc(C)c1OCC(=O)N(C)C. The van der Waals surface area contributed by atoms with Crippen molar-refractivity contribution in [1.29, 1.82) is 0 Å². The summed E-state index contributed by atoms with van der Waals surface area (Å²) in [6, 6.07) is 2.86. The zero-order chi connectivity index (χ0) is 14.8. The summed E-state index contributed by atoms with van der Waals surface area (Å²) in [6.07, 6.45) is 0. The summed E-state index contributed by atoms with van der Waals surface area (Å²) in [6.45, 7) is 3.32. The van der Waals surface area contributed by atoms with E-state index in [9.17, 15) is 13.2 Å². The Balaban J connectivity index is 3.02. The van der Waals surface area contributed by atoms with Crippen molar-refractivity contribution in [2.24, 2.45) is 5.14 Å². The van der Waals surface area contributed by atoms with E-state index in [1.54, 1.807) is 27.9 Å². The highest BCUT2D eigenvalue weighted by atomic mass is 32.2. The van der Waals surface area contributed by atoms with Crippen LogP contribution in [0.25, 0.3) is 0 Å². The van der Waals surface area contributed by atoms with Gasteiger partial charge in [-0.2, -0.15) is 0 Å². The van der Waals surface area contributed by atoms with Crippen molar-refractivity contribution in [3.8, 4) is 5.75 Å². The first-order valence-corrected chi connectivity index (χ1v) is 7.14. The molecule has 1 aromatic carbocycles. The highest BCUT2D eigenvalue weighted by Crippen LogP contribution is 2.26. The third-order valence-electron chi connectivity index (χ3n) is 2.60. The zero-order valence-corrected chi connectivity index (χ0v) is 12.2. The van der Waals surface area contributed by atoms with E-state index >= 15 is 0 Å². The summed E-state index contributed by atoms with van der Waals surface area (Å²) in [7, 11) is -0.471. The average Bonchev–Trinajstić information content (AvgIpc) is 2.25. The first kappa shape index (κ1) is 15.5. The Morgan fingerprint density at radius 3 is 2.11 bits per heavy atom. The van der Waals surface area contributed by atoms with E-state index in [1.165, 1.54) is 17.0 Å². The minimum absolute atomic E-state index is 0.0359. The zero-order valence-electron chi connectivity index (χ0n) is 11.4. The van der Waals surface area contributed by atoms with Crippen LogP contribution in [0.3, 0.4) is 0 Å². The number of sulfonamides is 1. The van der Waals surface area contributed by atoms with E-state index in [-0.39, 0.29) is 17.4 Å². The Morgan fingerprint density at radius 2 is 1.74 bits per heavy atom. The number of primary sulfonamides is 1. The van der Waals surface area contributed by atoms with Gasteiger partial charge in [-0.25, -0.2) is 13.6 Å². The molecule has 7 heteroatoms. The molecular formula is C12H18N2O4S. The maximum atomic E-state index is 11.4. The Morgan fingerprint density at radius 1 is 1.26 bits per heavy atom. The molecule has 0 bridgehead atoms. The van der Waals surface area contributed by atoms with Crippen LogP contribution < -0.4 is 9.88 Å². The van der Waals surface area contributed by atoms with Crippen molar-refractivity contribution in [2.45, 2.75) is 18.7 Å². The highest BCUT2D eigenvalue weighted by molar-refractivity contribution is 7.89. The van der Waals surface area contributed by atoms with Gasteiger partial charge in [0.2, 0.25) is 10.0 Å². The molecular weight excluding hydrogens is 268 g/mol. The molecule has 0 aliphatic heterocycles. The standard InChI is InChI=1S/C12H18N2O4S/c1-8-5-10(19(13,16)17)6-9(2)12(8)18-7-11(15)14(3)4/h5-6H,7H2,1-4H3,(H2,13,16,17). The predicted octanol–water partition coefficient (Wildman–Crippen LogP) is 0.418. The first-order valence-electron chi connectivity index (χ1n) is 5.60. The monoisotopic (exact) mass is 286 g/mol. The summed E-state index contributed by atoms with van der Waals surface area (Å²) < 4.78 is 28.0. The van der Waals surface area contributed by atoms with Crippen LogP contribution in [0.4, 0.5) is 0 Å². The van der Waals surface area contributed by atoms with Gasteiger partial charge in [0.25, 0.3) is 5.91 Å². The minimum Gasteiger partial charge on any atom is -0.483 e. The summed E-state index contributed by atoms with van der Waals surface area (Å²) in [5.74, 6) is 0.330. The molecule has 0 heterocycles. The van der Waals surface area contributed by atoms with Crippen molar-refractivity contribution in [3.63, 3.8) is 0 Å². The molecule has 0 aliphatic rings. The molecule has 1 rings (SSSR count). The number of amides is 1. The van der Waals surface area contributed by atoms with Gasteiger partial charge in [0.1, 0.15) is 5.75 Å². The Labute approximate surface area is 113 Å². The van der Waals surface area contributed by atoms with Gasteiger partial charge in [0, 0.05) is 14.1 Å². The molecule has 0 unspecified atom stereocenters. The van der Waals surface area contributed by atoms with Crippen LogP contribution in [-0.4, -0.2) is 39.9 Å². The molecule has 0 fully saturated rings. The van der Waals surface area contributed by atoms with Gasteiger partial charge in [0.05, 0.1) is 4.90 Å². The number of hydrogen-bond acceptors (Lipinski definition) is 4. The molecule has 0 saturated heterocycles. The number of hydrogen-bond donors (Lipinski definition) is 1. The number of likely N-dealkylation sites (N-methyl/N-ethyl adjacent to an activating group) is 1. The van der Waals surface area contributed by atoms with Gasteiger partial charge < -0.3 is 9.64 Å². The van der Waals surface area contributed by atoms with Gasteiger partial charge in [-0.15, -0.1) is 0 Å². The Hall–Kier alpha value is -1.60. The molecule has 106 valence electrons. The fourth-order valence-corrected chi connectivity index (χ4v) is 2.25. The normalized spacial score (nSPS) is 11.2. The van der Waals surface area contributed by atoms with Gasteiger partial charge >= 0.3 is 0 Å². The first-order chi connectivity index (χ1) is 8.62. The van der Waals surface area contributed by atoms with Gasteiger partial charge in [-0.05, 0) is 37.1 Å². The fourth-order valence-electron chi connectivity index (χ4n) is 1.57. The van der Waals surface area contributed by atoms with Crippen LogP contribution >= 0.6 is 0 Å². The second-order valence-electron chi connectivity index (χ2n) is 4.51. The maximum absolute atomic E-state index is 11.4. The molecule has 2 N–H and O–H groups in total. The third kappa shape index (κ3) is 3.93. The van der Waals surface area contributed by atoms with Crippen molar-refractivity contribution in [2.75, 3.05) is 20.7 Å². The molecule has 0 atom stereocenters. The molecule has 0 spiro atoms. The van der Waals surface area contributed by atoms with E-state index in [4.69, 9.17) is 9.88 Å². The van der Waals surface area contributed by atoms with Crippen LogP contribution in [0.1, 0.15) is 11.1 Å². The van der Waals surface area contributed by atoms with Crippen molar-refractivity contribution >= 4 is 15.9 Å². The number of carbonyl (C=O) groups excluding carboxylic acids is 1. The lowest BCUT2D eigenvalue weighted by Gasteiger charge is -2.15. The minimum atomic E-state index is -3.74. The number of rotatable bonds is 4. The average molecular weight is 286 g/mol. The number of aryl methyl sites for hydroxylation is 2. The van der Waals surface area contributed by atoms with Crippen molar-refractivity contribution < 1.29 is 17.9 Å². The molecule has 0 aromatic heterocycles. The second-order valence-corrected chi connectivity index (χ2v) is 6.07. The highest BCUT2D eigenvalue weighted by Gasteiger charge is 2.14. The maximum Gasteiger partial charge on any atom is 0.259 e. The smallest absolute Gasteiger partial charge is 0.259 e. The van der Waals surface area contributed by atoms with Crippen molar-refractivity contribution in [3.05, 3.63) is 23.3 Å². The lowest BCUT2D eigenvalue weighted by atomic mass is 10.1. The van der Waals surface area contributed by atoms with Crippen LogP contribution in [0.5, 0.6) is 5.75 Å². The number of carbonyl (C=O) groups is 1. The quantitative estimate of drug-likeness (QED) is 0.868. The van der Waals surface area contributed by atoms with E-state index in [0.29, 0.717) is 16.9 Å². The Kier molecular flexibility index (Phi) is 4.54.